The molecule has 1 saturated heterocycles. The van der Waals surface area contributed by atoms with E-state index >= 15 is 0 Å². The summed E-state index contributed by atoms with van der Waals surface area (Å²) in [5.41, 5.74) is 2.21. The number of nitrogens with one attached hydrogen (secondary N) is 1. The van der Waals surface area contributed by atoms with E-state index in [9.17, 15) is 4.79 Å². The quantitative estimate of drug-likeness (QED) is 0.808. The monoisotopic (exact) mass is 330 g/mol. The number of rotatable bonds is 6. The first kappa shape index (κ1) is 15.8. The first-order valence-corrected chi connectivity index (χ1v) is 9.24. The molecule has 1 atom stereocenters. The van der Waals surface area contributed by atoms with Gasteiger partial charge in [-0.05, 0) is 44.4 Å². The number of hydrogen-bond donors (Lipinski definition) is 1. The fraction of sp³-hybridized carbons (Fsp3) is 0.722. The van der Waals surface area contributed by atoms with Crippen molar-refractivity contribution in [1.29, 1.82) is 0 Å². The number of nitrogens with zero attached hydrogens (tertiary/aromatic N) is 3. The molecule has 2 aliphatic heterocycles. The Morgan fingerprint density at radius 1 is 1.33 bits per heavy atom. The van der Waals surface area contributed by atoms with Crippen molar-refractivity contribution >= 4 is 11.7 Å². The molecule has 6 heteroatoms. The summed E-state index contributed by atoms with van der Waals surface area (Å²) < 4.78 is 5.42. The van der Waals surface area contributed by atoms with Gasteiger partial charge in [-0.3, -0.25) is 4.79 Å². The van der Waals surface area contributed by atoms with Crippen LogP contribution in [-0.4, -0.2) is 47.1 Å². The van der Waals surface area contributed by atoms with Crippen LogP contribution < -0.4 is 5.32 Å². The Morgan fingerprint density at radius 3 is 3.04 bits per heavy atom. The van der Waals surface area contributed by atoms with Crippen LogP contribution in [0.3, 0.4) is 0 Å². The van der Waals surface area contributed by atoms with Crippen molar-refractivity contribution in [3.05, 3.63) is 17.6 Å². The van der Waals surface area contributed by atoms with Gasteiger partial charge in [0.1, 0.15) is 12.1 Å². The minimum absolute atomic E-state index is 0.283. The molecule has 130 valence electrons. The fourth-order valence-electron chi connectivity index (χ4n) is 3.69. The lowest BCUT2D eigenvalue weighted by molar-refractivity contribution is -0.133. The number of amides is 1. The lowest BCUT2D eigenvalue weighted by Gasteiger charge is -2.29. The van der Waals surface area contributed by atoms with Crippen LogP contribution in [0.2, 0.25) is 0 Å². The average molecular weight is 330 g/mol. The van der Waals surface area contributed by atoms with Crippen molar-refractivity contribution in [2.45, 2.75) is 45.1 Å². The molecular formula is C18H26N4O2. The van der Waals surface area contributed by atoms with Gasteiger partial charge in [0, 0.05) is 37.8 Å². The number of hydrogen-bond acceptors (Lipinski definition) is 5. The highest BCUT2D eigenvalue weighted by Crippen LogP contribution is 2.33. The van der Waals surface area contributed by atoms with Crippen LogP contribution in [0.15, 0.2) is 6.33 Å². The highest BCUT2D eigenvalue weighted by molar-refractivity contribution is 5.81. The van der Waals surface area contributed by atoms with Crippen molar-refractivity contribution in [3.63, 3.8) is 0 Å². The molecule has 0 radical (unpaired) electrons. The maximum Gasteiger partial charge on any atom is 0.226 e. The largest absolute Gasteiger partial charge is 0.381 e. The first-order valence-electron chi connectivity index (χ1n) is 9.24. The molecule has 1 aromatic heterocycles. The number of aromatic nitrogens is 2. The van der Waals surface area contributed by atoms with Crippen LogP contribution in [0.25, 0.3) is 0 Å². The summed E-state index contributed by atoms with van der Waals surface area (Å²) in [6.45, 7) is 4.22. The van der Waals surface area contributed by atoms with Gasteiger partial charge in [-0.2, -0.15) is 0 Å². The van der Waals surface area contributed by atoms with Gasteiger partial charge in [0.2, 0.25) is 5.91 Å². The molecule has 1 aliphatic carbocycles. The van der Waals surface area contributed by atoms with Gasteiger partial charge in [0.05, 0.1) is 12.2 Å². The van der Waals surface area contributed by atoms with Crippen LogP contribution in [0.1, 0.15) is 43.4 Å². The third kappa shape index (κ3) is 3.53. The third-order valence-electron chi connectivity index (χ3n) is 5.35. The zero-order chi connectivity index (χ0) is 16.4. The number of fused-ring (bicyclic) bond motifs is 1. The lowest BCUT2D eigenvalue weighted by Crippen LogP contribution is -2.37. The Kier molecular flexibility index (Phi) is 4.65. The molecule has 1 aromatic rings. The van der Waals surface area contributed by atoms with Gasteiger partial charge < -0.3 is 15.0 Å². The normalized spacial score (nSPS) is 23.2. The van der Waals surface area contributed by atoms with Crippen molar-refractivity contribution in [2.75, 3.05) is 31.6 Å². The van der Waals surface area contributed by atoms with Gasteiger partial charge in [-0.15, -0.1) is 0 Å². The van der Waals surface area contributed by atoms with E-state index < -0.39 is 0 Å². The molecule has 0 spiro atoms. The summed E-state index contributed by atoms with van der Waals surface area (Å²) in [4.78, 5) is 23.1. The van der Waals surface area contributed by atoms with E-state index in [-0.39, 0.29) is 5.92 Å². The third-order valence-corrected chi connectivity index (χ3v) is 5.35. The Morgan fingerprint density at radius 2 is 2.25 bits per heavy atom. The van der Waals surface area contributed by atoms with Crippen LogP contribution in [0.4, 0.5) is 5.82 Å². The van der Waals surface area contributed by atoms with Gasteiger partial charge in [0.25, 0.3) is 0 Å². The van der Waals surface area contributed by atoms with Crippen LogP contribution in [0.5, 0.6) is 0 Å². The molecule has 24 heavy (non-hydrogen) atoms. The number of anilines is 1. The van der Waals surface area contributed by atoms with Crippen LogP contribution >= 0.6 is 0 Å². The maximum atomic E-state index is 12.2. The molecule has 0 aromatic carbocycles. The second kappa shape index (κ2) is 7.05. The topological polar surface area (TPSA) is 67.4 Å². The molecule has 0 bridgehead atoms. The van der Waals surface area contributed by atoms with E-state index in [1.54, 1.807) is 6.33 Å². The van der Waals surface area contributed by atoms with Crippen molar-refractivity contribution < 1.29 is 9.53 Å². The van der Waals surface area contributed by atoms with E-state index in [0.717, 1.165) is 69.4 Å². The smallest absolute Gasteiger partial charge is 0.226 e. The summed E-state index contributed by atoms with van der Waals surface area (Å²) in [5.74, 6) is 2.28. The molecular weight excluding hydrogens is 304 g/mol. The molecule has 2 fully saturated rings. The first-order chi connectivity index (χ1) is 11.8. The average Bonchev–Trinajstić information content (AvgIpc) is 3.34. The molecule has 4 rings (SSSR count). The van der Waals surface area contributed by atoms with Crippen molar-refractivity contribution in [2.24, 2.45) is 11.8 Å². The SMILES string of the molecule is O=C(C1CC1)N1CCc2c(ncnc2NCCC[C@@H]2CCOC2)C1. The van der Waals surface area contributed by atoms with E-state index in [1.165, 1.54) is 18.4 Å². The highest BCUT2D eigenvalue weighted by atomic mass is 16.5. The van der Waals surface area contributed by atoms with E-state index in [4.69, 9.17) is 4.74 Å². The van der Waals surface area contributed by atoms with Crippen LogP contribution in [-0.2, 0) is 22.5 Å². The van der Waals surface area contributed by atoms with Gasteiger partial charge in [-0.1, -0.05) is 0 Å². The number of carbonyl (C=O) groups excluding carboxylic acids is 1. The standard InChI is InChI=1S/C18H26N4O2/c23-18(14-3-4-14)22-8-5-15-16(10-22)20-12-21-17(15)19-7-1-2-13-6-9-24-11-13/h12-14H,1-11H2,(H,19,20,21)/t13-/m1/s1. The van der Waals surface area contributed by atoms with Gasteiger partial charge >= 0.3 is 0 Å². The van der Waals surface area contributed by atoms with Crippen molar-refractivity contribution in [3.8, 4) is 0 Å². The van der Waals surface area contributed by atoms with E-state index in [2.05, 4.69) is 15.3 Å². The molecule has 1 amide bonds. The fourth-order valence-corrected chi connectivity index (χ4v) is 3.69. The Balaban J connectivity index is 1.32. The zero-order valence-corrected chi connectivity index (χ0v) is 14.2. The molecule has 3 aliphatic rings. The number of carbonyl (C=O) groups is 1. The Hall–Kier alpha value is -1.69. The summed E-state index contributed by atoms with van der Waals surface area (Å²) in [6.07, 6.45) is 8.15. The Labute approximate surface area is 143 Å². The van der Waals surface area contributed by atoms with Crippen molar-refractivity contribution in [1.82, 2.24) is 14.9 Å². The second-order valence-corrected chi connectivity index (χ2v) is 7.23. The van der Waals surface area contributed by atoms with E-state index in [1.807, 2.05) is 4.90 Å². The highest BCUT2D eigenvalue weighted by Gasteiger charge is 2.35. The summed E-state index contributed by atoms with van der Waals surface area (Å²) in [6, 6.07) is 0. The lowest BCUT2D eigenvalue weighted by atomic mass is 10.0. The summed E-state index contributed by atoms with van der Waals surface area (Å²) in [7, 11) is 0. The molecule has 1 saturated carbocycles. The summed E-state index contributed by atoms with van der Waals surface area (Å²) >= 11 is 0. The minimum Gasteiger partial charge on any atom is -0.381 e. The predicted octanol–water partition coefficient (Wildman–Crippen LogP) is 2.00. The molecule has 0 unspecified atom stereocenters. The van der Waals surface area contributed by atoms with Gasteiger partial charge in [0.15, 0.2) is 0 Å². The summed E-state index contributed by atoms with van der Waals surface area (Å²) in [5, 5.41) is 3.48. The zero-order valence-electron chi connectivity index (χ0n) is 14.2. The molecule has 6 nitrogen and oxygen atoms in total. The minimum atomic E-state index is 0.283. The Bertz CT molecular complexity index is 597. The second-order valence-electron chi connectivity index (χ2n) is 7.23. The molecule has 3 heterocycles. The van der Waals surface area contributed by atoms with Gasteiger partial charge in [-0.25, -0.2) is 9.97 Å². The van der Waals surface area contributed by atoms with Crippen LogP contribution in [0, 0.1) is 11.8 Å². The number of ether oxygens (including phenoxy) is 1. The maximum absolute atomic E-state index is 12.2. The predicted molar refractivity (Wildman–Crippen MR) is 90.5 cm³/mol. The van der Waals surface area contributed by atoms with E-state index in [0.29, 0.717) is 12.5 Å². The molecule has 1 N–H and O–H groups in total.